The van der Waals surface area contributed by atoms with Crippen molar-refractivity contribution in [3.8, 4) is 0 Å². The molecule has 1 N–H and O–H groups in total. The number of alkyl halides is 3. The van der Waals surface area contributed by atoms with Gasteiger partial charge in [0.05, 0.1) is 0 Å². The summed E-state index contributed by atoms with van der Waals surface area (Å²) in [6.07, 6.45) is -2.61. The van der Waals surface area contributed by atoms with Crippen molar-refractivity contribution in [3.63, 3.8) is 0 Å². The van der Waals surface area contributed by atoms with Gasteiger partial charge in [-0.2, -0.15) is 13.2 Å². The molecule has 0 aromatic carbocycles. The van der Waals surface area contributed by atoms with Gasteiger partial charge >= 0.3 is 6.18 Å². The van der Waals surface area contributed by atoms with E-state index in [1.54, 1.807) is 0 Å². The maximum atomic E-state index is 11.7. The second kappa shape index (κ2) is 7.90. The zero-order valence-electron chi connectivity index (χ0n) is 10.2. The Balaban J connectivity index is 3.44. The first kappa shape index (κ1) is 15.7. The smallest absolute Gasteiger partial charge is 0.372 e. The van der Waals surface area contributed by atoms with Crippen molar-refractivity contribution in [2.45, 2.75) is 32.9 Å². The minimum absolute atomic E-state index is 0.191. The second-order valence-corrected chi connectivity index (χ2v) is 4.32. The molecule has 0 amide bonds. The molecule has 0 aliphatic heterocycles. The Morgan fingerprint density at radius 2 is 1.81 bits per heavy atom. The van der Waals surface area contributed by atoms with E-state index < -0.39 is 12.8 Å². The number of rotatable bonds is 8. The lowest BCUT2D eigenvalue weighted by Gasteiger charge is -2.19. The zero-order chi connectivity index (χ0) is 12.6. The zero-order valence-corrected chi connectivity index (χ0v) is 10.2. The van der Waals surface area contributed by atoms with Crippen LogP contribution in [0.2, 0.25) is 0 Å². The normalized spacial score (nSPS) is 16.1. The standard InChI is InChI=1S/C11H22F3NO/c1-9(10(2)7-15-3)5-4-6-16-8-11(12,13)14/h9-10,15H,4-8H2,1-3H3. The fourth-order valence-corrected chi connectivity index (χ4v) is 1.50. The third-order valence-corrected chi connectivity index (χ3v) is 2.71. The van der Waals surface area contributed by atoms with Crippen molar-refractivity contribution < 1.29 is 17.9 Å². The fraction of sp³-hybridized carbons (Fsp3) is 1.00. The molecule has 16 heavy (non-hydrogen) atoms. The first-order valence-electron chi connectivity index (χ1n) is 5.66. The van der Waals surface area contributed by atoms with Crippen molar-refractivity contribution in [2.24, 2.45) is 11.8 Å². The summed E-state index contributed by atoms with van der Waals surface area (Å²) in [7, 11) is 1.90. The lowest BCUT2D eigenvalue weighted by atomic mass is 9.92. The molecule has 0 saturated carbocycles. The lowest BCUT2D eigenvalue weighted by Crippen LogP contribution is -2.22. The van der Waals surface area contributed by atoms with Crippen LogP contribution in [-0.2, 0) is 4.74 Å². The molecule has 0 radical (unpaired) electrons. The molecule has 0 aliphatic carbocycles. The first-order valence-corrected chi connectivity index (χ1v) is 5.66. The number of hydrogen-bond acceptors (Lipinski definition) is 2. The van der Waals surface area contributed by atoms with Crippen LogP contribution in [0, 0.1) is 11.8 Å². The van der Waals surface area contributed by atoms with Gasteiger partial charge in [-0.1, -0.05) is 13.8 Å². The van der Waals surface area contributed by atoms with Crippen molar-refractivity contribution >= 4 is 0 Å². The van der Waals surface area contributed by atoms with Gasteiger partial charge in [-0.05, 0) is 38.3 Å². The van der Waals surface area contributed by atoms with Crippen LogP contribution in [0.3, 0.4) is 0 Å². The van der Waals surface area contributed by atoms with Crippen LogP contribution in [0.1, 0.15) is 26.7 Å². The predicted octanol–water partition coefficient (Wildman–Crippen LogP) is 2.84. The highest BCUT2D eigenvalue weighted by Gasteiger charge is 2.27. The van der Waals surface area contributed by atoms with Crippen LogP contribution in [0.15, 0.2) is 0 Å². The van der Waals surface area contributed by atoms with Crippen LogP contribution in [0.25, 0.3) is 0 Å². The largest absolute Gasteiger partial charge is 0.411 e. The topological polar surface area (TPSA) is 21.3 Å². The molecule has 2 unspecified atom stereocenters. The molecule has 0 rings (SSSR count). The molecule has 2 atom stereocenters. The number of ether oxygens (including phenoxy) is 1. The van der Waals surface area contributed by atoms with Gasteiger partial charge in [0, 0.05) is 6.61 Å². The Bertz CT molecular complexity index is 173. The Morgan fingerprint density at radius 1 is 1.19 bits per heavy atom. The van der Waals surface area contributed by atoms with Crippen molar-refractivity contribution in [2.75, 3.05) is 26.8 Å². The minimum atomic E-state index is -4.20. The SMILES string of the molecule is CNCC(C)C(C)CCCOCC(F)(F)F. The minimum Gasteiger partial charge on any atom is -0.372 e. The Labute approximate surface area is 95.5 Å². The molecule has 98 valence electrons. The van der Waals surface area contributed by atoms with E-state index in [4.69, 9.17) is 0 Å². The van der Waals surface area contributed by atoms with Gasteiger partial charge in [0.1, 0.15) is 6.61 Å². The number of hydrogen-bond donors (Lipinski definition) is 1. The Kier molecular flexibility index (Phi) is 7.76. The fourth-order valence-electron chi connectivity index (χ4n) is 1.50. The van der Waals surface area contributed by atoms with Crippen molar-refractivity contribution in [1.82, 2.24) is 5.32 Å². The average Bonchev–Trinajstić information content (AvgIpc) is 2.15. The lowest BCUT2D eigenvalue weighted by molar-refractivity contribution is -0.174. The summed E-state index contributed by atoms with van der Waals surface area (Å²) in [4.78, 5) is 0. The molecule has 0 aromatic heterocycles. The summed E-state index contributed by atoms with van der Waals surface area (Å²) >= 11 is 0. The predicted molar refractivity (Wildman–Crippen MR) is 58.4 cm³/mol. The average molecular weight is 241 g/mol. The van der Waals surface area contributed by atoms with Gasteiger partial charge in [-0.15, -0.1) is 0 Å². The highest BCUT2D eigenvalue weighted by molar-refractivity contribution is 4.63. The summed E-state index contributed by atoms with van der Waals surface area (Å²) in [6, 6.07) is 0. The van der Waals surface area contributed by atoms with E-state index in [1.165, 1.54) is 0 Å². The van der Waals surface area contributed by atoms with Crippen LogP contribution >= 0.6 is 0 Å². The van der Waals surface area contributed by atoms with Gasteiger partial charge in [0.25, 0.3) is 0 Å². The molecule has 5 heteroatoms. The van der Waals surface area contributed by atoms with Gasteiger partial charge in [-0.3, -0.25) is 0 Å². The molecule has 2 nitrogen and oxygen atoms in total. The number of nitrogens with one attached hydrogen (secondary N) is 1. The molecular weight excluding hydrogens is 219 g/mol. The summed E-state index contributed by atoms with van der Waals surface area (Å²) < 4.78 is 39.8. The van der Waals surface area contributed by atoms with E-state index in [1.807, 2.05) is 7.05 Å². The second-order valence-electron chi connectivity index (χ2n) is 4.32. The third kappa shape index (κ3) is 8.97. The van der Waals surface area contributed by atoms with Gasteiger partial charge in [0.2, 0.25) is 0 Å². The van der Waals surface area contributed by atoms with Crippen LogP contribution in [0.5, 0.6) is 0 Å². The molecular formula is C11H22F3NO. The Morgan fingerprint density at radius 3 is 2.31 bits per heavy atom. The third-order valence-electron chi connectivity index (χ3n) is 2.71. The van der Waals surface area contributed by atoms with Gasteiger partial charge in [0.15, 0.2) is 0 Å². The molecule has 0 fully saturated rings. The van der Waals surface area contributed by atoms with E-state index >= 15 is 0 Å². The van der Waals surface area contributed by atoms with E-state index in [0.29, 0.717) is 18.3 Å². The van der Waals surface area contributed by atoms with Crippen LogP contribution in [0.4, 0.5) is 13.2 Å². The highest BCUT2D eigenvalue weighted by atomic mass is 19.4. The maximum absolute atomic E-state index is 11.7. The van der Waals surface area contributed by atoms with Crippen LogP contribution in [-0.4, -0.2) is 33.0 Å². The van der Waals surface area contributed by atoms with E-state index in [-0.39, 0.29) is 6.61 Å². The molecule has 0 heterocycles. The molecule has 0 aliphatic rings. The van der Waals surface area contributed by atoms with E-state index in [0.717, 1.165) is 13.0 Å². The highest BCUT2D eigenvalue weighted by Crippen LogP contribution is 2.17. The van der Waals surface area contributed by atoms with E-state index in [2.05, 4.69) is 23.9 Å². The summed E-state index contributed by atoms with van der Waals surface area (Å²) in [5.41, 5.74) is 0. The van der Waals surface area contributed by atoms with Crippen LogP contribution < -0.4 is 5.32 Å². The maximum Gasteiger partial charge on any atom is 0.411 e. The monoisotopic (exact) mass is 241 g/mol. The quantitative estimate of drug-likeness (QED) is 0.660. The summed E-state index contributed by atoms with van der Waals surface area (Å²) in [5.74, 6) is 1.04. The van der Waals surface area contributed by atoms with E-state index in [9.17, 15) is 13.2 Å². The number of halogens is 3. The molecule has 0 saturated heterocycles. The summed E-state index contributed by atoms with van der Waals surface area (Å²) in [5, 5.41) is 3.09. The van der Waals surface area contributed by atoms with Crippen molar-refractivity contribution in [3.05, 3.63) is 0 Å². The van der Waals surface area contributed by atoms with Gasteiger partial charge in [-0.25, -0.2) is 0 Å². The molecule has 0 aromatic rings. The summed E-state index contributed by atoms with van der Waals surface area (Å²) in [6.45, 7) is 4.25. The Hall–Kier alpha value is -0.290. The van der Waals surface area contributed by atoms with Crippen molar-refractivity contribution in [1.29, 1.82) is 0 Å². The van der Waals surface area contributed by atoms with Gasteiger partial charge < -0.3 is 10.1 Å². The molecule has 0 spiro atoms. The first-order chi connectivity index (χ1) is 7.37. The molecule has 0 bridgehead atoms.